The van der Waals surface area contributed by atoms with E-state index >= 15 is 0 Å². The van der Waals surface area contributed by atoms with Gasteiger partial charge in [-0.2, -0.15) is 0 Å². The van der Waals surface area contributed by atoms with Gasteiger partial charge in [0.2, 0.25) is 12.2 Å². The number of aromatic nitrogens is 2. The summed E-state index contributed by atoms with van der Waals surface area (Å²) in [6.45, 7) is 4.57. The molecule has 0 saturated carbocycles. The van der Waals surface area contributed by atoms with E-state index < -0.39 is 5.97 Å². The van der Waals surface area contributed by atoms with Crippen molar-refractivity contribution in [2.24, 2.45) is 0 Å². The number of hydrogen-bond donors (Lipinski definition) is 1. The Labute approximate surface area is 106 Å². The van der Waals surface area contributed by atoms with Crippen LogP contribution in [0, 0.1) is 6.92 Å². The number of esters is 1. The Balaban J connectivity index is 2.03. The smallest absolute Gasteiger partial charge is 0.356 e. The standard InChI is InChI=1S/C12H18N2O4/c1-3-16-12(15)10-8(2)11(14-13-10)18-9-6-4-5-7-17-9/h9H,3-7H2,1-2H3,(H,13,14)/t9-/m1/s1. The van der Waals surface area contributed by atoms with Crippen molar-refractivity contribution >= 4 is 5.97 Å². The topological polar surface area (TPSA) is 73.4 Å². The summed E-state index contributed by atoms with van der Waals surface area (Å²) in [5.41, 5.74) is 0.991. The summed E-state index contributed by atoms with van der Waals surface area (Å²) >= 11 is 0. The molecule has 1 fully saturated rings. The van der Waals surface area contributed by atoms with Crippen LogP contribution in [-0.4, -0.2) is 35.7 Å². The molecular formula is C12H18N2O4. The van der Waals surface area contributed by atoms with Crippen LogP contribution in [0.5, 0.6) is 5.88 Å². The first kappa shape index (κ1) is 12.9. The minimum absolute atomic E-state index is 0.268. The number of ether oxygens (including phenoxy) is 3. The van der Waals surface area contributed by atoms with E-state index in [9.17, 15) is 4.79 Å². The lowest BCUT2D eigenvalue weighted by molar-refractivity contribution is -0.108. The highest BCUT2D eigenvalue weighted by Gasteiger charge is 2.22. The molecule has 1 saturated heterocycles. The first-order valence-corrected chi connectivity index (χ1v) is 6.22. The summed E-state index contributed by atoms with van der Waals surface area (Å²) in [5.74, 6) is -0.00753. The van der Waals surface area contributed by atoms with Crippen LogP contribution in [0.2, 0.25) is 0 Å². The quantitative estimate of drug-likeness (QED) is 0.829. The number of H-pyrrole nitrogens is 1. The maximum Gasteiger partial charge on any atom is 0.356 e. The predicted molar refractivity (Wildman–Crippen MR) is 63.5 cm³/mol. The van der Waals surface area contributed by atoms with Crippen molar-refractivity contribution < 1.29 is 19.0 Å². The van der Waals surface area contributed by atoms with Gasteiger partial charge >= 0.3 is 5.97 Å². The third-order valence-corrected chi connectivity index (χ3v) is 2.83. The van der Waals surface area contributed by atoms with Gasteiger partial charge in [-0.3, -0.25) is 5.10 Å². The van der Waals surface area contributed by atoms with Crippen LogP contribution in [0.25, 0.3) is 0 Å². The van der Waals surface area contributed by atoms with E-state index in [1.165, 1.54) is 0 Å². The van der Waals surface area contributed by atoms with Gasteiger partial charge in [0, 0.05) is 12.0 Å². The van der Waals surface area contributed by atoms with Gasteiger partial charge in [0.05, 0.1) is 13.2 Å². The molecule has 0 aliphatic carbocycles. The maximum atomic E-state index is 11.6. The monoisotopic (exact) mass is 254 g/mol. The summed E-state index contributed by atoms with van der Waals surface area (Å²) in [6.07, 6.45) is 2.73. The average Bonchev–Trinajstić information content (AvgIpc) is 2.73. The van der Waals surface area contributed by atoms with Crippen LogP contribution in [-0.2, 0) is 9.47 Å². The minimum atomic E-state index is -0.415. The van der Waals surface area contributed by atoms with Gasteiger partial charge < -0.3 is 14.2 Å². The van der Waals surface area contributed by atoms with Crippen molar-refractivity contribution in [2.45, 2.75) is 39.4 Å². The Kier molecular flexibility index (Phi) is 4.19. The van der Waals surface area contributed by atoms with Crippen molar-refractivity contribution in [2.75, 3.05) is 13.2 Å². The molecule has 0 aromatic carbocycles. The summed E-state index contributed by atoms with van der Waals surface area (Å²) < 4.78 is 16.0. The van der Waals surface area contributed by atoms with Crippen LogP contribution in [0.3, 0.4) is 0 Å². The first-order chi connectivity index (χ1) is 8.72. The summed E-state index contributed by atoms with van der Waals surface area (Å²) in [4.78, 5) is 11.6. The van der Waals surface area contributed by atoms with Crippen molar-refractivity contribution in [3.63, 3.8) is 0 Å². The van der Waals surface area contributed by atoms with E-state index in [1.54, 1.807) is 13.8 Å². The number of nitrogens with zero attached hydrogens (tertiary/aromatic N) is 1. The van der Waals surface area contributed by atoms with Crippen LogP contribution in [0.15, 0.2) is 0 Å². The van der Waals surface area contributed by atoms with Gasteiger partial charge in [0.25, 0.3) is 0 Å². The van der Waals surface area contributed by atoms with E-state index in [0.717, 1.165) is 19.3 Å². The van der Waals surface area contributed by atoms with Crippen molar-refractivity contribution in [3.8, 4) is 5.88 Å². The van der Waals surface area contributed by atoms with Gasteiger partial charge in [-0.05, 0) is 26.7 Å². The zero-order valence-electron chi connectivity index (χ0n) is 10.7. The van der Waals surface area contributed by atoms with Gasteiger partial charge in [-0.25, -0.2) is 4.79 Å². The fourth-order valence-corrected chi connectivity index (χ4v) is 1.83. The lowest BCUT2D eigenvalue weighted by Gasteiger charge is -2.22. The number of nitrogens with one attached hydrogen (secondary N) is 1. The number of carbonyl (C=O) groups excluding carboxylic acids is 1. The Bertz CT molecular complexity index is 410. The zero-order valence-corrected chi connectivity index (χ0v) is 10.7. The molecule has 1 atom stereocenters. The first-order valence-electron chi connectivity index (χ1n) is 6.22. The minimum Gasteiger partial charge on any atom is -0.461 e. The SMILES string of the molecule is CCOC(=O)c1[nH]nc(O[C@@H]2CCCCO2)c1C. The Morgan fingerprint density at radius 3 is 3.06 bits per heavy atom. The van der Waals surface area contributed by atoms with Crippen LogP contribution >= 0.6 is 0 Å². The summed E-state index contributed by atoms with van der Waals surface area (Å²) in [5, 5.41) is 6.63. The normalized spacial score (nSPS) is 19.6. The number of carbonyl (C=O) groups is 1. The molecule has 1 aliphatic heterocycles. The third-order valence-electron chi connectivity index (χ3n) is 2.83. The van der Waals surface area contributed by atoms with Gasteiger partial charge in [0.15, 0.2) is 0 Å². The van der Waals surface area contributed by atoms with Crippen molar-refractivity contribution in [1.29, 1.82) is 0 Å². The fourth-order valence-electron chi connectivity index (χ4n) is 1.83. The maximum absolute atomic E-state index is 11.6. The van der Waals surface area contributed by atoms with Crippen molar-refractivity contribution in [3.05, 3.63) is 11.3 Å². The molecule has 1 aromatic rings. The van der Waals surface area contributed by atoms with E-state index in [-0.39, 0.29) is 6.29 Å². The molecule has 18 heavy (non-hydrogen) atoms. The molecule has 0 unspecified atom stereocenters. The number of rotatable bonds is 4. The molecule has 0 bridgehead atoms. The highest BCUT2D eigenvalue weighted by Crippen LogP contribution is 2.22. The molecule has 2 heterocycles. The second-order valence-electron chi connectivity index (χ2n) is 4.16. The second-order valence-corrected chi connectivity index (χ2v) is 4.16. The molecule has 1 aliphatic rings. The van der Waals surface area contributed by atoms with Gasteiger partial charge in [-0.1, -0.05) is 0 Å². The molecule has 1 aromatic heterocycles. The molecule has 1 N–H and O–H groups in total. The summed E-state index contributed by atoms with van der Waals surface area (Å²) in [7, 11) is 0. The van der Waals surface area contributed by atoms with Crippen LogP contribution in [0.1, 0.15) is 42.2 Å². The Morgan fingerprint density at radius 1 is 1.56 bits per heavy atom. The zero-order chi connectivity index (χ0) is 13.0. The Morgan fingerprint density at radius 2 is 2.39 bits per heavy atom. The molecule has 2 rings (SSSR count). The van der Waals surface area contributed by atoms with E-state index in [2.05, 4.69) is 10.2 Å². The molecule has 100 valence electrons. The highest BCUT2D eigenvalue weighted by molar-refractivity contribution is 5.89. The van der Waals surface area contributed by atoms with E-state index in [4.69, 9.17) is 14.2 Å². The van der Waals surface area contributed by atoms with Gasteiger partial charge in [-0.15, -0.1) is 5.10 Å². The second kappa shape index (κ2) is 5.86. The molecular weight excluding hydrogens is 236 g/mol. The van der Waals surface area contributed by atoms with Crippen molar-refractivity contribution in [1.82, 2.24) is 10.2 Å². The summed E-state index contributed by atoms with van der Waals surface area (Å²) in [6, 6.07) is 0. The van der Waals surface area contributed by atoms with Crippen LogP contribution in [0.4, 0.5) is 0 Å². The molecule has 0 spiro atoms. The molecule has 0 radical (unpaired) electrons. The highest BCUT2D eigenvalue weighted by atomic mass is 16.7. The molecule has 0 amide bonds. The lowest BCUT2D eigenvalue weighted by Crippen LogP contribution is -2.25. The molecule has 6 nitrogen and oxygen atoms in total. The van der Waals surface area contributed by atoms with E-state index in [0.29, 0.717) is 30.4 Å². The largest absolute Gasteiger partial charge is 0.461 e. The molecule has 6 heteroatoms. The lowest BCUT2D eigenvalue weighted by atomic mass is 10.2. The number of aromatic amines is 1. The Hall–Kier alpha value is -1.56. The number of hydrogen-bond acceptors (Lipinski definition) is 5. The van der Waals surface area contributed by atoms with E-state index in [1.807, 2.05) is 0 Å². The fraction of sp³-hybridized carbons (Fsp3) is 0.667. The van der Waals surface area contributed by atoms with Gasteiger partial charge in [0.1, 0.15) is 5.69 Å². The predicted octanol–water partition coefficient (Wildman–Crippen LogP) is 1.80. The third kappa shape index (κ3) is 2.81. The van der Waals surface area contributed by atoms with Crippen LogP contribution < -0.4 is 4.74 Å². The average molecular weight is 254 g/mol.